The average Bonchev–Trinajstić information content (AvgIpc) is 3.17. The average molecular weight is 516 g/mol. The summed E-state index contributed by atoms with van der Waals surface area (Å²) < 4.78 is 10.5. The van der Waals surface area contributed by atoms with Gasteiger partial charge >= 0.3 is 5.97 Å². The molecule has 0 aliphatic carbocycles. The standard InChI is InChI=1S/C25H33N5O7/c1-4-36-25-18(14-21(32)37-25)27-23(34)19-9-6-12-29-20(31)11-10-17(24(35)30(19)29)26-22(33)15-7-5-8-16(13-15)28(2)3/h5,7-8,13,17-19,25H,4,6,9-12,14H2,1-3H3,(H,26,33)(H,27,34). The third-order valence-electron chi connectivity index (χ3n) is 6.72. The van der Waals surface area contributed by atoms with Crippen LogP contribution in [-0.2, 0) is 28.7 Å². The van der Waals surface area contributed by atoms with Gasteiger partial charge in [-0.15, -0.1) is 0 Å². The Kier molecular flexibility index (Phi) is 7.96. The Morgan fingerprint density at radius 3 is 2.68 bits per heavy atom. The number of cyclic esters (lactones) is 1. The summed E-state index contributed by atoms with van der Waals surface area (Å²) in [6.07, 6.45) is 0.0638. The number of hydrogen-bond donors (Lipinski definition) is 2. The van der Waals surface area contributed by atoms with Gasteiger partial charge in [0.2, 0.25) is 18.1 Å². The summed E-state index contributed by atoms with van der Waals surface area (Å²) >= 11 is 0. The lowest BCUT2D eigenvalue weighted by molar-refractivity contribution is -0.177. The van der Waals surface area contributed by atoms with Gasteiger partial charge in [0, 0.05) is 44.9 Å². The maximum atomic E-state index is 13.7. The SMILES string of the molecule is CCOC1OC(=O)CC1NC(=O)C1CCCN2C(=O)CCC(NC(=O)c3cccc(N(C)C)c3)C(=O)N12. The summed E-state index contributed by atoms with van der Waals surface area (Å²) in [4.78, 5) is 66.5. The molecule has 2 N–H and O–H groups in total. The lowest BCUT2D eigenvalue weighted by Crippen LogP contribution is -2.64. The van der Waals surface area contributed by atoms with Gasteiger partial charge in [0.15, 0.2) is 0 Å². The van der Waals surface area contributed by atoms with Gasteiger partial charge in [0.05, 0.1) is 6.42 Å². The highest BCUT2D eigenvalue weighted by Gasteiger charge is 2.46. The summed E-state index contributed by atoms with van der Waals surface area (Å²) in [5.41, 5.74) is 1.21. The number of benzene rings is 1. The smallest absolute Gasteiger partial charge is 0.310 e. The quantitative estimate of drug-likeness (QED) is 0.491. The molecular weight excluding hydrogens is 482 g/mol. The molecule has 4 unspecified atom stereocenters. The van der Waals surface area contributed by atoms with Crippen molar-refractivity contribution in [2.75, 3.05) is 32.1 Å². The second kappa shape index (κ2) is 11.2. The van der Waals surface area contributed by atoms with Gasteiger partial charge in [-0.1, -0.05) is 6.07 Å². The molecule has 3 aliphatic rings. The number of anilines is 1. The van der Waals surface area contributed by atoms with Gasteiger partial charge in [-0.05, 0) is 44.4 Å². The first-order valence-corrected chi connectivity index (χ1v) is 12.5. The molecule has 4 rings (SSSR count). The summed E-state index contributed by atoms with van der Waals surface area (Å²) in [7, 11) is 3.72. The molecule has 4 amide bonds. The maximum Gasteiger partial charge on any atom is 0.310 e. The lowest BCUT2D eigenvalue weighted by Gasteiger charge is -2.43. The zero-order valence-electron chi connectivity index (χ0n) is 21.3. The van der Waals surface area contributed by atoms with Crippen molar-refractivity contribution in [3.63, 3.8) is 0 Å². The van der Waals surface area contributed by atoms with E-state index >= 15 is 0 Å². The lowest BCUT2D eigenvalue weighted by atomic mass is 10.0. The summed E-state index contributed by atoms with van der Waals surface area (Å²) in [6.45, 7) is 2.34. The van der Waals surface area contributed by atoms with Gasteiger partial charge in [-0.2, -0.15) is 0 Å². The largest absolute Gasteiger partial charge is 0.433 e. The molecule has 37 heavy (non-hydrogen) atoms. The molecule has 0 saturated carbocycles. The molecule has 1 aromatic carbocycles. The molecule has 3 fully saturated rings. The molecule has 0 radical (unpaired) electrons. The molecule has 1 aromatic rings. The van der Waals surface area contributed by atoms with Crippen molar-refractivity contribution >= 4 is 35.3 Å². The van der Waals surface area contributed by atoms with E-state index in [4.69, 9.17) is 9.47 Å². The second-order valence-corrected chi connectivity index (χ2v) is 9.50. The van der Waals surface area contributed by atoms with Crippen LogP contribution in [0.2, 0.25) is 0 Å². The number of carbonyl (C=O) groups excluding carboxylic acids is 5. The Bertz CT molecular complexity index is 1080. The van der Waals surface area contributed by atoms with Crippen LogP contribution in [-0.4, -0.2) is 91.3 Å². The van der Waals surface area contributed by atoms with Crippen molar-refractivity contribution in [1.82, 2.24) is 20.7 Å². The Labute approximate surface area is 215 Å². The van der Waals surface area contributed by atoms with Gasteiger partial charge in [0.1, 0.15) is 18.1 Å². The Morgan fingerprint density at radius 1 is 1.16 bits per heavy atom. The number of carbonyl (C=O) groups is 5. The highest BCUT2D eigenvalue weighted by Crippen LogP contribution is 2.26. The summed E-state index contributed by atoms with van der Waals surface area (Å²) in [5, 5.41) is 8.02. The Hall–Kier alpha value is -3.67. The number of nitrogens with one attached hydrogen (secondary N) is 2. The van der Waals surface area contributed by atoms with E-state index in [9.17, 15) is 24.0 Å². The molecule has 0 spiro atoms. The predicted molar refractivity (Wildman–Crippen MR) is 131 cm³/mol. The first-order valence-electron chi connectivity index (χ1n) is 12.5. The first-order chi connectivity index (χ1) is 17.7. The minimum atomic E-state index is -0.981. The Morgan fingerprint density at radius 2 is 1.95 bits per heavy atom. The topological polar surface area (TPSA) is 138 Å². The number of amides is 4. The molecule has 0 bridgehead atoms. The van der Waals surface area contributed by atoms with Crippen LogP contribution < -0.4 is 15.5 Å². The Balaban J connectivity index is 1.52. The van der Waals surface area contributed by atoms with Gasteiger partial charge in [0.25, 0.3) is 11.8 Å². The molecule has 3 heterocycles. The number of hydrazine groups is 1. The van der Waals surface area contributed by atoms with Gasteiger partial charge in [-0.3, -0.25) is 29.0 Å². The zero-order chi connectivity index (χ0) is 26.7. The van der Waals surface area contributed by atoms with Crippen molar-refractivity contribution in [1.29, 1.82) is 0 Å². The van der Waals surface area contributed by atoms with E-state index in [1.165, 1.54) is 10.0 Å². The van der Waals surface area contributed by atoms with E-state index < -0.39 is 48.1 Å². The second-order valence-electron chi connectivity index (χ2n) is 9.50. The van der Waals surface area contributed by atoms with Gasteiger partial charge in [-0.25, -0.2) is 5.01 Å². The van der Waals surface area contributed by atoms with Crippen molar-refractivity contribution in [2.45, 2.75) is 63.4 Å². The number of ether oxygens (including phenoxy) is 2. The maximum absolute atomic E-state index is 13.7. The zero-order valence-corrected chi connectivity index (χ0v) is 21.3. The summed E-state index contributed by atoms with van der Waals surface area (Å²) in [6, 6.07) is 4.32. The van der Waals surface area contributed by atoms with Crippen LogP contribution in [0.4, 0.5) is 5.69 Å². The van der Waals surface area contributed by atoms with Crippen LogP contribution >= 0.6 is 0 Å². The summed E-state index contributed by atoms with van der Waals surface area (Å²) in [5.74, 6) is -2.26. The first kappa shape index (κ1) is 26.4. The molecule has 12 heteroatoms. The molecule has 0 aromatic heterocycles. The van der Waals surface area contributed by atoms with E-state index in [2.05, 4.69) is 10.6 Å². The van der Waals surface area contributed by atoms with Crippen LogP contribution in [0.3, 0.4) is 0 Å². The molecule has 3 aliphatic heterocycles. The van der Waals surface area contributed by atoms with Crippen molar-refractivity contribution in [2.24, 2.45) is 0 Å². The minimum absolute atomic E-state index is 0.0512. The molecule has 4 atom stereocenters. The normalized spacial score (nSPS) is 25.8. The highest BCUT2D eigenvalue weighted by molar-refractivity contribution is 6.00. The fourth-order valence-corrected chi connectivity index (χ4v) is 4.82. The van der Waals surface area contributed by atoms with E-state index in [1.807, 2.05) is 25.1 Å². The monoisotopic (exact) mass is 515 g/mol. The molecule has 3 saturated heterocycles. The number of nitrogens with zero attached hydrogens (tertiary/aromatic N) is 3. The minimum Gasteiger partial charge on any atom is -0.433 e. The fraction of sp³-hybridized carbons (Fsp3) is 0.560. The van der Waals surface area contributed by atoms with Gasteiger partial charge < -0.3 is 25.0 Å². The number of esters is 1. The van der Waals surface area contributed by atoms with Crippen molar-refractivity contribution in [3.05, 3.63) is 29.8 Å². The molecular formula is C25H33N5O7. The predicted octanol–water partition coefficient (Wildman–Crippen LogP) is 0.174. The van der Waals surface area contributed by atoms with Crippen LogP contribution in [0.15, 0.2) is 24.3 Å². The fourth-order valence-electron chi connectivity index (χ4n) is 4.82. The highest BCUT2D eigenvalue weighted by atomic mass is 16.7. The van der Waals surface area contributed by atoms with Crippen LogP contribution in [0.5, 0.6) is 0 Å². The third-order valence-corrected chi connectivity index (χ3v) is 6.72. The number of hydrogen-bond acceptors (Lipinski definition) is 8. The number of fused-ring (bicyclic) bond motifs is 1. The molecule has 12 nitrogen and oxygen atoms in total. The van der Waals surface area contributed by atoms with Crippen molar-refractivity contribution in [3.8, 4) is 0 Å². The van der Waals surface area contributed by atoms with E-state index in [-0.39, 0.29) is 25.2 Å². The van der Waals surface area contributed by atoms with E-state index in [0.29, 0.717) is 31.6 Å². The molecule has 200 valence electrons. The van der Waals surface area contributed by atoms with E-state index in [1.54, 1.807) is 25.1 Å². The van der Waals surface area contributed by atoms with E-state index in [0.717, 1.165) is 5.69 Å². The van der Waals surface area contributed by atoms with Crippen LogP contribution in [0, 0.1) is 0 Å². The van der Waals surface area contributed by atoms with Crippen LogP contribution in [0.1, 0.15) is 49.4 Å². The third kappa shape index (κ3) is 5.68. The van der Waals surface area contributed by atoms with Crippen LogP contribution in [0.25, 0.3) is 0 Å². The number of rotatable bonds is 7. The van der Waals surface area contributed by atoms with Crippen molar-refractivity contribution < 1.29 is 33.4 Å².